The zero-order valence-corrected chi connectivity index (χ0v) is 11.9. The van der Waals surface area contributed by atoms with Gasteiger partial charge >= 0.3 is 5.97 Å². The topological polar surface area (TPSA) is 69.6 Å². The first kappa shape index (κ1) is 13.4. The Balaban J connectivity index is 2.33. The maximum Gasteiger partial charge on any atom is 0.307 e. The third-order valence-corrected chi connectivity index (χ3v) is 4.60. The van der Waals surface area contributed by atoms with E-state index in [0.29, 0.717) is 17.4 Å². The second kappa shape index (κ2) is 4.90. The number of hydrogen-bond donors (Lipinski definition) is 3. The highest BCUT2D eigenvalue weighted by atomic mass is 79.9. The number of carboxylic acid groups (broad SMARTS) is 1. The van der Waals surface area contributed by atoms with Gasteiger partial charge in [-0.25, -0.2) is 0 Å². The summed E-state index contributed by atoms with van der Waals surface area (Å²) in [6.45, 7) is 4.36. The lowest BCUT2D eigenvalue weighted by molar-refractivity contribution is -0.141. The van der Waals surface area contributed by atoms with Crippen molar-refractivity contribution in [3.05, 3.63) is 27.2 Å². The van der Waals surface area contributed by atoms with Gasteiger partial charge in [0.15, 0.2) is 0 Å². The van der Waals surface area contributed by atoms with Crippen molar-refractivity contribution in [1.82, 2.24) is 5.32 Å². The summed E-state index contributed by atoms with van der Waals surface area (Å²) in [5.41, 5.74) is 2.85. The summed E-state index contributed by atoms with van der Waals surface area (Å²) in [6.07, 6.45) is 0.512. The Morgan fingerprint density at radius 2 is 2.17 bits per heavy atom. The van der Waals surface area contributed by atoms with Crippen LogP contribution >= 0.6 is 15.9 Å². The molecule has 5 heteroatoms. The molecule has 1 heterocycles. The van der Waals surface area contributed by atoms with Crippen LogP contribution in [0, 0.1) is 19.8 Å². The highest BCUT2D eigenvalue weighted by Crippen LogP contribution is 2.39. The molecular formula is C13H16BrNO3. The molecule has 18 heavy (non-hydrogen) atoms. The van der Waals surface area contributed by atoms with Crippen LogP contribution in [0.1, 0.15) is 29.2 Å². The van der Waals surface area contributed by atoms with E-state index in [1.54, 1.807) is 0 Å². The predicted molar refractivity (Wildman–Crippen MR) is 71.8 cm³/mol. The van der Waals surface area contributed by atoms with E-state index in [2.05, 4.69) is 21.2 Å². The van der Waals surface area contributed by atoms with Gasteiger partial charge in [0.25, 0.3) is 0 Å². The first-order valence-corrected chi connectivity index (χ1v) is 6.65. The largest absolute Gasteiger partial charge is 0.506 e. The normalized spacial score (nSPS) is 23.3. The number of phenolic OH excluding ortho intramolecular Hbond substituents is 1. The van der Waals surface area contributed by atoms with Crippen LogP contribution < -0.4 is 5.32 Å². The first-order chi connectivity index (χ1) is 8.41. The number of phenols is 1. The number of aryl methyl sites for hydroxylation is 1. The van der Waals surface area contributed by atoms with Crippen LogP contribution in [-0.4, -0.2) is 22.7 Å². The number of halogens is 1. The van der Waals surface area contributed by atoms with Crippen molar-refractivity contribution in [3.8, 4) is 5.75 Å². The molecule has 0 radical (unpaired) electrons. The van der Waals surface area contributed by atoms with Crippen LogP contribution in [0.25, 0.3) is 0 Å². The number of carbonyl (C=O) groups is 1. The minimum atomic E-state index is -0.785. The molecule has 98 valence electrons. The van der Waals surface area contributed by atoms with Crippen LogP contribution in [0.3, 0.4) is 0 Å². The molecule has 0 amide bonds. The molecule has 2 atom stereocenters. The Morgan fingerprint density at radius 1 is 1.50 bits per heavy atom. The molecule has 3 N–H and O–H groups in total. The fourth-order valence-corrected chi connectivity index (χ4v) is 2.86. The van der Waals surface area contributed by atoms with Crippen molar-refractivity contribution in [1.29, 1.82) is 0 Å². The first-order valence-electron chi connectivity index (χ1n) is 5.86. The van der Waals surface area contributed by atoms with Gasteiger partial charge in [-0.15, -0.1) is 0 Å². The molecule has 1 fully saturated rings. The van der Waals surface area contributed by atoms with Gasteiger partial charge in [-0.3, -0.25) is 4.79 Å². The van der Waals surface area contributed by atoms with E-state index in [4.69, 9.17) is 5.11 Å². The van der Waals surface area contributed by atoms with Gasteiger partial charge in [-0.1, -0.05) is 6.07 Å². The van der Waals surface area contributed by atoms with Crippen LogP contribution in [-0.2, 0) is 4.79 Å². The number of aliphatic carboxylic acids is 1. The lowest BCUT2D eigenvalue weighted by Gasteiger charge is -2.16. The molecular weight excluding hydrogens is 298 g/mol. The van der Waals surface area contributed by atoms with Crippen LogP contribution in [0.5, 0.6) is 5.75 Å². The van der Waals surface area contributed by atoms with Crippen LogP contribution in [0.15, 0.2) is 10.5 Å². The van der Waals surface area contributed by atoms with Gasteiger partial charge in [-0.2, -0.15) is 0 Å². The number of benzene rings is 1. The lowest BCUT2D eigenvalue weighted by atomic mass is 9.96. The molecule has 1 aliphatic heterocycles. The molecule has 4 nitrogen and oxygen atoms in total. The van der Waals surface area contributed by atoms with Crippen molar-refractivity contribution < 1.29 is 15.0 Å². The SMILES string of the molecule is Cc1cc(C2CC(C(=O)O)CN2)c(O)c(Br)c1C. The second-order valence-electron chi connectivity index (χ2n) is 4.80. The maximum atomic E-state index is 10.9. The molecule has 1 aliphatic rings. The van der Waals surface area contributed by atoms with Crippen molar-refractivity contribution in [2.24, 2.45) is 5.92 Å². The Hall–Kier alpha value is -1.07. The van der Waals surface area contributed by atoms with Crippen LogP contribution in [0.2, 0.25) is 0 Å². The molecule has 0 aromatic heterocycles. The zero-order valence-electron chi connectivity index (χ0n) is 10.3. The fourth-order valence-electron chi connectivity index (χ4n) is 2.31. The summed E-state index contributed by atoms with van der Waals surface area (Å²) in [6, 6.07) is 1.83. The number of nitrogens with one attached hydrogen (secondary N) is 1. The lowest BCUT2D eigenvalue weighted by Crippen LogP contribution is -2.17. The van der Waals surface area contributed by atoms with Gasteiger partial charge < -0.3 is 15.5 Å². The predicted octanol–water partition coefficient (Wildman–Crippen LogP) is 2.51. The minimum absolute atomic E-state index is 0.0956. The van der Waals surface area contributed by atoms with E-state index in [0.717, 1.165) is 16.7 Å². The monoisotopic (exact) mass is 313 g/mol. The zero-order chi connectivity index (χ0) is 13.4. The maximum absolute atomic E-state index is 10.9. The van der Waals surface area contributed by atoms with E-state index < -0.39 is 5.97 Å². The third kappa shape index (κ3) is 2.24. The molecule has 0 aliphatic carbocycles. The summed E-state index contributed by atoms with van der Waals surface area (Å²) in [7, 11) is 0. The molecule has 2 unspecified atom stereocenters. The summed E-state index contributed by atoms with van der Waals surface area (Å²) in [4.78, 5) is 10.9. The number of hydrogen-bond acceptors (Lipinski definition) is 3. The van der Waals surface area contributed by atoms with Crippen molar-refractivity contribution in [2.45, 2.75) is 26.3 Å². The second-order valence-corrected chi connectivity index (χ2v) is 5.59. The average molecular weight is 314 g/mol. The van der Waals surface area contributed by atoms with E-state index in [9.17, 15) is 9.90 Å². The molecule has 1 saturated heterocycles. The van der Waals surface area contributed by atoms with Crippen LogP contribution in [0.4, 0.5) is 0 Å². The molecule has 0 saturated carbocycles. The molecule has 0 spiro atoms. The summed E-state index contributed by atoms with van der Waals surface area (Å²) >= 11 is 3.38. The van der Waals surface area contributed by atoms with Crippen molar-refractivity contribution in [2.75, 3.05) is 6.54 Å². The van der Waals surface area contributed by atoms with Gasteiger partial charge in [0.1, 0.15) is 5.75 Å². The van der Waals surface area contributed by atoms with E-state index in [1.165, 1.54) is 0 Å². The summed E-state index contributed by atoms with van der Waals surface area (Å²) in [5.74, 6) is -0.955. The Kier molecular flexibility index (Phi) is 3.64. The summed E-state index contributed by atoms with van der Waals surface area (Å²) in [5, 5.41) is 22.3. The highest BCUT2D eigenvalue weighted by molar-refractivity contribution is 9.10. The Bertz CT molecular complexity index is 501. The number of rotatable bonds is 2. The minimum Gasteiger partial charge on any atom is -0.506 e. The van der Waals surface area contributed by atoms with Gasteiger partial charge in [0, 0.05) is 18.2 Å². The van der Waals surface area contributed by atoms with Gasteiger partial charge in [-0.05, 0) is 47.3 Å². The highest BCUT2D eigenvalue weighted by Gasteiger charge is 2.32. The number of aromatic hydroxyl groups is 1. The molecule has 1 aromatic carbocycles. The standard InChI is InChI=1S/C13H16BrNO3/c1-6-3-9(12(16)11(14)7(6)2)10-4-8(5-15-10)13(17)18/h3,8,10,15-16H,4-5H2,1-2H3,(H,17,18). The molecule has 0 bridgehead atoms. The summed E-state index contributed by atoms with van der Waals surface area (Å²) < 4.78 is 0.693. The number of carboxylic acids is 1. The van der Waals surface area contributed by atoms with Gasteiger partial charge in [0.2, 0.25) is 0 Å². The van der Waals surface area contributed by atoms with Crippen molar-refractivity contribution in [3.63, 3.8) is 0 Å². The Labute approximate surface area is 114 Å². The van der Waals surface area contributed by atoms with Crippen molar-refractivity contribution >= 4 is 21.9 Å². The average Bonchev–Trinajstić information content (AvgIpc) is 2.80. The quantitative estimate of drug-likeness (QED) is 0.784. The third-order valence-electron chi connectivity index (χ3n) is 3.63. The Morgan fingerprint density at radius 3 is 2.72 bits per heavy atom. The molecule has 1 aromatic rings. The van der Waals surface area contributed by atoms with Gasteiger partial charge in [0.05, 0.1) is 10.4 Å². The van der Waals surface area contributed by atoms with E-state index in [1.807, 2.05) is 19.9 Å². The van der Waals surface area contributed by atoms with E-state index >= 15 is 0 Å². The van der Waals surface area contributed by atoms with E-state index in [-0.39, 0.29) is 17.7 Å². The smallest absolute Gasteiger partial charge is 0.307 e. The molecule has 2 rings (SSSR count). The fraction of sp³-hybridized carbons (Fsp3) is 0.462.